The van der Waals surface area contributed by atoms with Gasteiger partial charge >= 0.3 is 0 Å². The van der Waals surface area contributed by atoms with Crippen molar-refractivity contribution in [3.8, 4) is 0 Å². The van der Waals surface area contributed by atoms with Crippen LogP contribution in [0.25, 0.3) is 0 Å². The summed E-state index contributed by atoms with van der Waals surface area (Å²) in [6.07, 6.45) is 3.42. The largest absolute Gasteiger partial charge is 0.326 e. The van der Waals surface area contributed by atoms with E-state index in [-0.39, 0.29) is 25.4 Å². The summed E-state index contributed by atoms with van der Waals surface area (Å²) in [4.78, 5) is 32.3. The van der Waals surface area contributed by atoms with Gasteiger partial charge in [0.1, 0.15) is 0 Å². The standard InChI is InChI=1S/C22H28ClN5O2/c1-22(8-4-10-27-22)21(30)28(14-16-11-17(23)7-6-15(16)13-24)20(29)19(25)12-18-5-2-3-9-26-18/h2-3,5-7,9,11,19,27H,4,8,10,12-14,24-25H2,1H3/t19-,22+/m1/s1. The lowest BCUT2D eigenvalue weighted by Gasteiger charge is -2.32. The summed E-state index contributed by atoms with van der Waals surface area (Å²) in [5.74, 6) is -0.729. The van der Waals surface area contributed by atoms with Crippen LogP contribution in [-0.4, -0.2) is 39.8 Å². The van der Waals surface area contributed by atoms with E-state index in [1.165, 1.54) is 4.90 Å². The Hall–Kier alpha value is -2.32. The van der Waals surface area contributed by atoms with Crippen LogP contribution in [0, 0.1) is 0 Å². The summed E-state index contributed by atoms with van der Waals surface area (Å²) in [6, 6.07) is 9.85. The van der Waals surface area contributed by atoms with Gasteiger partial charge in [-0.1, -0.05) is 23.7 Å². The molecular weight excluding hydrogens is 402 g/mol. The van der Waals surface area contributed by atoms with Crippen molar-refractivity contribution in [2.75, 3.05) is 6.54 Å². The van der Waals surface area contributed by atoms with Gasteiger partial charge in [-0.25, -0.2) is 0 Å². The number of amides is 2. The molecule has 3 rings (SSSR count). The molecule has 160 valence electrons. The highest BCUT2D eigenvalue weighted by molar-refractivity contribution is 6.30. The first-order valence-electron chi connectivity index (χ1n) is 10.1. The molecule has 1 aromatic heterocycles. The fourth-order valence-corrected chi connectivity index (χ4v) is 3.96. The molecule has 0 aliphatic carbocycles. The van der Waals surface area contributed by atoms with Crippen molar-refractivity contribution in [3.63, 3.8) is 0 Å². The Balaban J connectivity index is 1.90. The van der Waals surface area contributed by atoms with Crippen molar-refractivity contribution in [2.45, 2.75) is 50.9 Å². The molecule has 0 radical (unpaired) electrons. The van der Waals surface area contributed by atoms with Crippen LogP contribution in [0.15, 0.2) is 42.6 Å². The number of halogens is 1. The maximum Gasteiger partial charge on any atom is 0.249 e. The van der Waals surface area contributed by atoms with Crippen molar-refractivity contribution < 1.29 is 9.59 Å². The van der Waals surface area contributed by atoms with Gasteiger partial charge in [0.2, 0.25) is 11.8 Å². The van der Waals surface area contributed by atoms with Gasteiger partial charge in [-0.2, -0.15) is 0 Å². The zero-order valence-electron chi connectivity index (χ0n) is 17.1. The second-order valence-electron chi connectivity index (χ2n) is 7.84. The number of aromatic nitrogens is 1. The molecule has 5 N–H and O–H groups in total. The zero-order valence-corrected chi connectivity index (χ0v) is 17.9. The first-order chi connectivity index (χ1) is 14.3. The molecule has 0 spiro atoms. The molecule has 2 heterocycles. The normalized spacial score (nSPS) is 19.5. The Morgan fingerprint density at radius 1 is 1.30 bits per heavy atom. The molecule has 1 aromatic carbocycles. The van der Waals surface area contributed by atoms with E-state index in [2.05, 4.69) is 10.3 Å². The summed E-state index contributed by atoms with van der Waals surface area (Å²) in [5, 5.41) is 3.75. The number of benzene rings is 1. The van der Waals surface area contributed by atoms with Crippen molar-refractivity contribution >= 4 is 23.4 Å². The summed E-state index contributed by atoms with van der Waals surface area (Å²) in [7, 11) is 0. The summed E-state index contributed by atoms with van der Waals surface area (Å²) >= 11 is 6.17. The van der Waals surface area contributed by atoms with Gasteiger partial charge in [-0.05, 0) is 61.7 Å². The minimum absolute atomic E-state index is 0.0674. The fraction of sp³-hybridized carbons (Fsp3) is 0.409. The average Bonchev–Trinajstić information content (AvgIpc) is 3.19. The maximum atomic E-state index is 13.5. The third-order valence-electron chi connectivity index (χ3n) is 5.54. The smallest absolute Gasteiger partial charge is 0.249 e. The number of carbonyl (C=O) groups excluding carboxylic acids is 2. The molecule has 1 aliphatic rings. The van der Waals surface area contributed by atoms with Gasteiger partial charge in [0, 0.05) is 29.9 Å². The van der Waals surface area contributed by atoms with Crippen LogP contribution in [0.3, 0.4) is 0 Å². The van der Waals surface area contributed by atoms with Crippen LogP contribution in [0.2, 0.25) is 5.02 Å². The minimum atomic E-state index is -0.894. The van der Waals surface area contributed by atoms with E-state index in [9.17, 15) is 9.59 Å². The molecular formula is C22H28ClN5O2. The third-order valence-corrected chi connectivity index (χ3v) is 5.78. The van der Waals surface area contributed by atoms with Crippen molar-refractivity contribution in [1.29, 1.82) is 0 Å². The number of rotatable bonds is 7. The highest BCUT2D eigenvalue weighted by atomic mass is 35.5. The van der Waals surface area contributed by atoms with E-state index < -0.39 is 17.5 Å². The summed E-state index contributed by atoms with van der Waals surface area (Å²) < 4.78 is 0. The second kappa shape index (κ2) is 9.66. The Morgan fingerprint density at radius 3 is 2.73 bits per heavy atom. The van der Waals surface area contributed by atoms with Crippen LogP contribution < -0.4 is 16.8 Å². The number of nitrogens with zero attached hydrogens (tertiary/aromatic N) is 2. The van der Waals surface area contributed by atoms with Crippen LogP contribution in [0.5, 0.6) is 0 Å². The fourth-order valence-electron chi connectivity index (χ4n) is 3.77. The minimum Gasteiger partial charge on any atom is -0.326 e. The van der Waals surface area contributed by atoms with Gasteiger partial charge in [0.25, 0.3) is 0 Å². The van der Waals surface area contributed by atoms with Crippen LogP contribution >= 0.6 is 11.6 Å². The number of nitrogens with two attached hydrogens (primary N) is 2. The number of carbonyl (C=O) groups is 2. The second-order valence-corrected chi connectivity index (χ2v) is 8.28. The lowest BCUT2D eigenvalue weighted by Crippen LogP contribution is -2.57. The molecule has 2 atom stereocenters. The van der Waals surface area contributed by atoms with E-state index in [0.29, 0.717) is 17.1 Å². The van der Waals surface area contributed by atoms with Gasteiger partial charge in [-0.15, -0.1) is 0 Å². The first-order valence-corrected chi connectivity index (χ1v) is 10.5. The van der Waals surface area contributed by atoms with Gasteiger partial charge in [-0.3, -0.25) is 19.5 Å². The van der Waals surface area contributed by atoms with E-state index in [1.807, 2.05) is 25.1 Å². The van der Waals surface area contributed by atoms with Gasteiger partial charge < -0.3 is 16.8 Å². The predicted octanol–water partition coefficient (Wildman–Crippen LogP) is 1.76. The number of hydrogen-bond acceptors (Lipinski definition) is 6. The molecule has 2 amide bonds. The molecule has 30 heavy (non-hydrogen) atoms. The molecule has 2 aromatic rings. The van der Waals surface area contributed by atoms with E-state index in [4.69, 9.17) is 23.1 Å². The molecule has 0 unspecified atom stereocenters. The lowest BCUT2D eigenvalue weighted by atomic mass is 9.96. The number of imide groups is 1. The van der Waals surface area contributed by atoms with Crippen LogP contribution in [0.4, 0.5) is 0 Å². The zero-order chi connectivity index (χ0) is 21.7. The highest BCUT2D eigenvalue weighted by Crippen LogP contribution is 2.25. The first kappa shape index (κ1) is 22.4. The number of nitrogens with one attached hydrogen (secondary N) is 1. The Morgan fingerprint density at radius 2 is 2.10 bits per heavy atom. The van der Waals surface area contributed by atoms with Gasteiger partial charge in [0.05, 0.1) is 18.1 Å². The molecule has 0 bridgehead atoms. The molecule has 1 fully saturated rings. The molecule has 7 nitrogen and oxygen atoms in total. The monoisotopic (exact) mass is 429 g/mol. The molecule has 1 aliphatic heterocycles. The lowest BCUT2D eigenvalue weighted by molar-refractivity contribution is -0.150. The third kappa shape index (κ3) is 5.05. The number of hydrogen-bond donors (Lipinski definition) is 3. The van der Waals surface area contributed by atoms with Crippen molar-refractivity contribution in [3.05, 3.63) is 64.4 Å². The Bertz CT molecular complexity index is 900. The Kier molecular flexibility index (Phi) is 7.20. The van der Waals surface area contributed by atoms with E-state index in [1.54, 1.807) is 24.4 Å². The van der Waals surface area contributed by atoms with Gasteiger partial charge in [0.15, 0.2) is 0 Å². The quantitative estimate of drug-likeness (QED) is 0.617. The Labute approximate surface area is 181 Å². The predicted molar refractivity (Wildman–Crippen MR) is 116 cm³/mol. The topological polar surface area (TPSA) is 114 Å². The van der Waals surface area contributed by atoms with E-state index >= 15 is 0 Å². The summed E-state index contributed by atoms with van der Waals surface area (Å²) in [6.45, 7) is 2.90. The highest BCUT2D eigenvalue weighted by Gasteiger charge is 2.42. The van der Waals surface area contributed by atoms with Crippen LogP contribution in [-0.2, 0) is 29.1 Å². The van der Waals surface area contributed by atoms with Crippen molar-refractivity contribution in [1.82, 2.24) is 15.2 Å². The number of pyridine rings is 1. The van der Waals surface area contributed by atoms with Crippen molar-refractivity contribution in [2.24, 2.45) is 11.5 Å². The summed E-state index contributed by atoms with van der Waals surface area (Å²) in [5.41, 5.74) is 13.5. The molecule has 1 saturated heterocycles. The SMILES string of the molecule is C[C@@]1(C(=O)N(Cc2cc(Cl)ccc2CN)C(=O)[C@H](N)Cc2ccccn2)CCCN1. The van der Waals surface area contributed by atoms with Crippen LogP contribution in [0.1, 0.15) is 36.6 Å². The van der Waals surface area contributed by atoms with E-state index in [0.717, 1.165) is 24.1 Å². The average molecular weight is 430 g/mol. The maximum absolute atomic E-state index is 13.5. The molecule has 8 heteroatoms. The molecule has 0 saturated carbocycles.